The van der Waals surface area contributed by atoms with Gasteiger partial charge in [0.05, 0.1) is 18.8 Å². The molecule has 1 heterocycles. The van der Waals surface area contributed by atoms with Gasteiger partial charge in [-0.1, -0.05) is 0 Å². The molecule has 1 rings (SSSR count). The largest absolute Gasteiger partial charge is 0.395 e. The lowest BCUT2D eigenvalue weighted by molar-refractivity contribution is 0.100. The highest BCUT2D eigenvalue weighted by Gasteiger charge is 2.09. The minimum atomic E-state index is -0.405. The van der Waals surface area contributed by atoms with Crippen molar-refractivity contribution in [1.29, 1.82) is 0 Å². The number of amides is 1. The number of thiophene rings is 1. The number of carbonyl (C=O) groups excluding carboxylic acids is 1. The summed E-state index contributed by atoms with van der Waals surface area (Å²) in [6, 6.07) is 1.80. The van der Waals surface area contributed by atoms with Crippen LogP contribution in [0.5, 0.6) is 0 Å². The third kappa shape index (κ3) is 4.82. The summed E-state index contributed by atoms with van der Waals surface area (Å²) in [5.41, 5.74) is 5.73. The second kappa shape index (κ2) is 7.39. The SMILES string of the molecule is COCCN(CCO)Cc1cc(C(N)=O)cs1. The quantitative estimate of drug-likeness (QED) is 0.702. The van der Waals surface area contributed by atoms with Crippen LogP contribution in [0.4, 0.5) is 0 Å². The van der Waals surface area contributed by atoms with Crippen molar-refractivity contribution in [1.82, 2.24) is 4.90 Å². The van der Waals surface area contributed by atoms with Crippen LogP contribution < -0.4 is 5.73 Å². The Hall–Kier alpha value is -0.950. The van der Waals surface area contributed by atoms with Gasteiger partial charge in [-0.25, -0.2) is 0 Å². The molecule has 0 atom stereocenters. The van der Waals surface area contributed by atoms with Gasteiger partial charge >= 0.3 is 0 Å². The number of rotatable bonds is 8. The first kappa shape index (κ1) is 14.1. The number of ether oxygens (including phenoxy) is 1. The van der Waals surface area contributed by atoms with Gasteiger partial charge in [-0.15, -0.1) is 11.3 Å². The van der Waals surface area contributed by atoms with E-state index in [-0.39, 0.29) is 6.61 Å². The van der Waals surface area contributed by atoms with Gasteiger partial charge in [0.1, 0.15) is 0 Å². The monoisotopic (exact) mass is 258 g/mol. The second-order valence-electron chi connectivity index (χ2n) is 3.66. The van der Waals surface area contributed by atoms with E-state index in [9.17, 15) is 4.79 Å². The molecule has 0 radical (unpaired) electrons. The summed E-state index contributed by atoms with van der Waals surface area (Å²) in [6.45, 7) is 2.77. The van der Waals surface area contributed by atoms with Crippen LogP contribution in [0.3, 0.4) is 0 Å². The van der Waals surface area contributed by atoms with Crippen molar-refractivity contribution in [3.8, 4) is 0 Å². The summed E-state index contributed by atoms with van der Waals surface area (Å²) in [4.78, 5) is 14.1. The fourth-order valence-electron chi connectivity index (χ4n) is 1.44. The molecule has 6 heteroatoms. The Morgan fingerprint density at radius 1 is 1.59 bits per heavy atom. The van der Waals surface area contributed by atoms with Crippen LogP contribution in [0.25, 0.3) is 0 Å². The first-order valence-electron chi connectivity index (χ1n) is 5.36. The highest BCUT2D eigenvalue weighted by molar-refractivity contribution is 7.10. The van der Waals surface area contributed by atoms with Gasteiger partial charge in [0.25, 0.3) is 0 Å². The third-order valence-electron chi connectivity index (χ3n) is 2.35. The normalized spacial score (nSPS) is 11.0. The van der Waals surface area contributed by atoms with E-state index in [1.54, 1.807) is 18.6 Å². The smallest absolute Gasteiger partial charge is 0.249 e. The topological polar surface area (TPSA) is 75.8 Å². The maximum atomic E-state index is 11.0. The molecule has 17 heavy (non-hydrogen) atoms. The summed E-state index contributed by atoms with van der Waals surface area (Å²) in [6.07, 6.45) is 0. The number of primary amides is 1. The van der Waals surface area contributed by atoms with E-state index in [2.05, 4.69) is 4.90 Å². The zero-order chi connectivity index (χ0) is 12.7. The van der Waals surface area contributed by atoms with E-state index in [4.69, 9.17) is 15.6 Å². The number of hydrogen-bond donors (Lipinski definition) is 2. The molecular formula is C11H18N2O3S. The van der Waals surface area contributed by atoms with E-state index >= 15 is 0 Å². The Kier molecular flexibility index (Phi) is 6.13. The number of nitrogens with zero attached hydrogens (tertiary/aromatic N) is 1. The van der Waals surface area contributed by atoms with Crippen molar-refractivity contribution in [3.63, 3.8) is 0 Å². The lowest BCUT2D eigenvalue weighted by atomic mass is 10.3. The average Bonchev–Trinajstić information content (AvgIpc) is 2.75. The van der Waals surface area contributed by atoms with Crippen molar-refractivity contribution in [2.24, 2.45) is 5.73 Å². The molecule has 0 spiro atoms. The maximum absolute atomic E-state index is 11.0. The lowest BCUT2D eigenvalue weighted by Crippen LogP contribution is -2.29. The van der Waals surface area contributed by atoms with Crippen LogP contribution in [0.15, 0.2) is 11.4 Å². The van der Waals surface area contributed by atoms with Gasteiger partial charge in [0.2, 0.25) is 5.91 Å². The predicted octanol–water partition coefficient (Wildman–Crippen LogP) is 0.288. The molecule has 0 unspecified atom stereocenters. The molecule has 0 aliphatic rings. The molecule has 0 fully saturated rings. The molecule has 0 aliphatic carbocycles. The first-order valence-corrected chi connectivity index (χ1v) is 6.24. The summed E-state index contributed by atoms with van der Waals surface area (Å²) in [5, 5.41) is 10.7. The van der Waals surface area contributed by atoms with Crippen LogP contribution in [-0.2, 0) is 11.3 Å². The highest BCUT2D eigenvalue weighted by Crippen LogP contribution is 2.16. The Bertz CT molecular complexity index is 354. The highest BCUT2D eigenvalue weighted by atomic mass is 32.1. The summed E-state index contributed by atoms with van der Waals surface area (Å²) >= 11 is 1.50. The minimum absolute atomic E-state index is 0.109. The molecule has 0 aliphatic heterocycles. The van der Waals surface area contributed by atoms with Crippen LogP contribution in [0.1, 0.15) is 15.2 Å². The van der Waals surface area contributed by atoms with Crippen LogP contribution in [0.2, 0.25) is 0 Å². The molecule has 1 aromatic rings. The van der Waals surface area contributed by atoms with E-state index < -0.39 is 5.91 Å². The Morgan fingerprint density at radius 2 is 2.35 bits per heavy atom. The van der Waals surface area contributed by atoms with E-state index in [0.29, 0.717) is 25.3 Å². The van der Waals surface area contributed by atoms with Crippen LogP contribution in [0, 0.1) is 0 Å². The van der Waals surface area contributed by atoms with Gasteiger partial charge in [-0.3, -0.25) is 9.69 Å². The summed E-state index contributed by atoms with van der Waals surface area (Å²) < 4.78 is 5.01. The van der Waals surface area contributed by atoms with Gasteiger partial charge in [-0.2, -0.15) is 0 Å². The van der Waals surface area contributed by atoms with E-state index in [0.717, 1.165) is 11.4 Å². The molecule has 96 valence electrons. The number of methoxy groups -OCH3 is 1. The standard InChI is InChI=1S/C11H18N2O3S/c1-16-5-3-13(2-4-14)7-10-6-9(8-17-10)11(12)15/h6,8,14H,2-5,7H2,1H3,(H2,12,15). The minimum Gasteiger partial charge on any atom is -0.395 e. The van der Waals surface area contributed by atoms with Crippen LogP contribution >= 0.6 is 11.3 Å². The molecule has 3 N–H and O–H groups in total. The lowest BCUT2D eigenvalue weighted by Gasteiger charge is -2.19. The predicted molar refractivity (Wildman–Crippen MR) is 67.1 cm³/mol. The first-order chi connectivity index (χ1) is 8.17. The van der Waals surface area contributed by atoms with Crippen molar-refractivity contribution < 1.29 is 14.6 Å². The maximum Gasteiger partial charge on any atom is 0.249 e. The number of aliphatic hydroxyl groups is 1. The summed E-state index contributed by atoms with van der Waals surface area (Å²) in [7, 11) is 1.65. The van der Waals surface area contributed by atoms with Crippen LogP contribution in [-0.4, -0.2) is 49.3 Å². The Morgan fingerprint density at radius 3 is 2.88 bits per heavy atom. The van der Waals surface area contributed by atoms with Crippen molar-refractivity contribution in [2.75, 3.05) is 33.4 Å². The van der Waals surface area contributed by atoms with Gasteiger partial charge in [0.15, 0.2) is 0 Å². The Labute approximate surface area is 105 Å². The van der Waals surface area contributed by atoms with Crippen molar-refractivity contribution in [2.45, 2.75) is 6.54 Å². The second-order valence-corrected chi connectivity index (χ2v) is 4.65. The molecule has 5 nitrogen and oxygen atoms in total. The average molecular weight is 258 g/mol. The van der Waals surface area contributed by atoms with Gasteiger partial charge in [0, 0.05) is 37.0 Å². The van der Waals surface area contributed by atoms with Crippen molar-refractivity contribution >= 4 is 17.2 Å². The zero-order valence-electron chi connectivity index (χ0n) is 9.89. The number of nitrogens with two attached hydrogens (primary N) is 1. The number of hydrogen-bond acceptors (Lipinski definition) is 5. The van der Waals surface area contributed by atoms with Crippen molar-refractivity contribution in [3.05, 3.63) is 21.9 Å². The number of aliphatic hydroxyl groups excluding tert-OH is 1. The fourth-order valence-corrected chi connectivity index (χ4v) is 2.36. The molecule has 1 aromatic heterocycles. The molecule has 1 amide bonds. The third-order valence-corrected chi connectivity index (χ3v) is 3.27. The van der Waals surface area contributed by atoms with Gasteiger partial charge in [-0.05, 0) is 6.07 Å². The molecule has 0 saturated carbocycles. The molecule has 0 saturated heterocycles. The molecule has 0 aromatic carbocycles. The van der Waals surface area contributed by atoms with E-state index in [1.165, 1.54) is 11.3 Å². The summed E-state index contributed by atoms with van der Waals surface area (Å²) in [5.74, 6) is -0.405. The molecule has 0 bridgehead atoms. The zero-order valence-corrected chi connectivity index (χ0v) is 10.7. The number of carbonyl (C=O) groups is 1. The Balaban J connectivity index is 2.55. The van der Waals surface area contributed by atoms with E-state index in [1.807, 2.05) is 0 Å². The van der Waals surface area contributed by atoms with Gasteiger partial charge < -0.3 is 15.6 Å². The molecular weight excluding hydrogens is 240 g/mol. The fraction of sp³-hybridized carbons (Fsp3) is 0.545.